The monoisotopic (exact) mass is 258 g/mol. The van der Waals surface area contributed by atoms with Crippen molar-refractivity contribution in [2.24, 2.45) is 0 Å². The van der Waals surface area contributed by atoms with Crippen LogP contribution in [0.25, 0.3) is 0 Å². The third kappa shape index (κ3) is 4.65. The van der Waals surface area contributed by atoms with Crippen molar-refractivity contribution in [2.45, 2.75) is 19.8 Å². The second kappa shape index (κ2) is 5.40. The predicted octanol–water partition coefficient (Wildman–Crippen LogP) is 2.14. The Hall–Kier alpha value is -1.23. The first-order valence-electron chi connectivity index (χ1n) is 5.26. The van der Waals surface area contributed by atoms with Crippen molar-refractivity contribution in [3.05, 3.63) is 35.1 Å². The lowest BCUT2D eigenvalue weighted by Crippen LogP contribution is -2.07. The number of halogens is 1. The Labute approximate surface area is 101 Å². The van der Waals surface area contributed by atoms with Crippen LogP contribution in [0.15, 0.2) is 18.2 Å². The predicted molar refractivity (Wildman–Crippen MR) is 64.4 cm³/mol. The second-order valence-corrected chi connectivity index (χ2v) is 6.38. The van der Waals surface area contributed by atoms with Crippen LogP contribution in [-0.4, -0.2) is 26.2 Å². The van der Waals surface area contributed by atoms with E-state index in [9.17, 15) is 17.6 Å². The molecule has 0 unspecified atom stereocenters. The zero-order chi connectivity index (χ0) is 13.1. The summed E-state index contributed by atoms with van der Waals surface area (Å²) in [7, 11) is -3.04. The summed E-state index contributed by atoms with van der Waals surface area (Å²) in [5.74, 6) is -0.667. The number of aryl methyl sites for hydroxylation is 1. The van der Waals surface area contributed by atoms with Gasteiger partial charge in [-0.25, -0.2) is 12.8 Å². The van der Waals surface area contributed by atoms with Gasteiger partial charge in [-0.3, -0.25) is 4.79 Å². The lowest BCUT2D eigenvalue weighted by molar-refractivity contribution is 0.0981. The van der Waals surface area contributed by atoms with Gasteiger partial charge in [-0.15, -0.1) is 0 Å². The molecule has 0 bridgehead atoms. The van der Waals surface area contributed by atoms with Gasteiger partial charge in [-0.2, -0.15) is 0 Å². The summed E-state index contributed by atoms with van der Waals surface area (Å²) >= 11 is 0. The van der Waals surface area contributed by atoms with E-state index >= 15 is 0 Å². The van der Waals surface area contributed by atoms with E-state index in [1.807, 2.05) is 0 Å². The molecule has 0 heterocycles. The van der Waals surface area contributed by atoms with Crippen LogP contribution in [-0.2, 0) is 9.84 Å². The number of rotatable bonds is 5. The first-order chi connectivity index (χ1) is 7.79. The molecule has 0 saturated heterocycles. The van der Waals surface area contributed by atoms with Crippen LogP contribution < -0.4 is 0 Å². The molecule has 1 rings (SSSR count). The van der Waals surface area contributed by atoms with Crippen LogP contribution in [0.1, 0.15) is 28.8 Å². The standard InChI is InChI=1S/C12H15FO3S/c1-9-5-6-10(8-11(9)13)12(14)4-3-7-17(2,15)16/h5-6,8H,3-4,7H2,1-2H3. The Bertz CT molecular complexity index is 521. The molecule has 3 nitrogen and oxygen atoms in total. The van der Waals surface area contributed by atoms with Crippen molar-refractivity contribution < 1.29 is 17.6 Å². The molecule has 0 fully saturated rings. The highest BCUT2D eigenvalue weighted by molar-refractivity contribution is 7.90. The zero-order valence-electron chi connectivity index (χ0n) is 9.86. The number of carbonyl (C=O) groups excluding carboxylic acids is 1. The van der Waals surface area contributed by atoms with Crippen LogP contribution in [0.5, 0.6) is 0 Å². The van der Waals surface area contributed by atoms with E-state index in [4.69, 9.17) is 0 Å². The topological polar surface area (TPSA) is 51.2 Å². The molecular weight excluding hydrogens is 243 g/mol. The number of carbonyl (C=O) groups is 1. The molecule has 0 saturated carbocycles. The molecule has 0 N–H and O–H groups in total. The Kier molecular flexibility index (Phi) is 4.40. The molecule has 17 heavy (non-hydrogen) atoms. The van der Waals surface area contributed by atoms with Crippen LogP contribution in [0.2, 0.25) is 0 Å². The molecular formula is C12H15FO3S. The molecule has 0 spiro atoms. The zero-order valence-corrected chi connectivity index (χ0v) is 10.7. The van der Waals surface area contributed by atoms with Crippen LogP contribution >= 0.6 is 0 Å². The lowest BCUT2D eigenvalue weighted by Gasteiger charge is -2.02. The van der Waals surface area contributed by atoms with Gasteiger partial charge in [-0.05, 0) is 25.0 Å². The minimum Gasteiger partial charge on any atom is -0.294 e. The fourth-order valence-corrected chi connectivity index (χ4v) is 2.07. The van der Waals surface area contributed by atoms with E-state index in [1.165, 1.54) is 6.07 Å². The number of hydrogen-bond donors (Lipinski definition) is 0. The largest absolute Gasteiger partial charge is 0.294 e. The lowest BCUT2D eigenvalue weighted by atomic mass is 10.1. The fourth-order valence-electron chi connectivity index (χ4n) is 1.41. The SMILES string of the molecule is Cc1ccc(C(=O)CCCS(C)(=O)=O)cc1F. The maximum atomic E-state index is 13.2. The second-order valence-electron chi connectivity index (χ2n) is 4.12. The number of benzene rings is 1. The van der Waals surface area contributed by atoms with E-state index in [-0.39, 0.29) is 24.4 Å². The molecule has 0 aromatic heterocycles. The van der Waals surface area contributed by atoms with E-state index in [0.29, 0.717) is 11.1 Å². The van der Waals surface area contributed by atoms with Crippen molar-refractivity contribution in [1.29, 1.82) is 0 Å². The minimum atomic E-state index is -3.04. The van der Waals surface area contributed by atoms with Gasteiger partial charge in [0, 0.05) is 18.2 Å². The normalized spacial score (nSPS) is 11.5. The summed E-state index contributed by atoms with van der Waals surface area (Å²) in [6.45, 7) is 1.62. The minimum absolute atomic E-state index is 0.0208. The van der Waals surface area contributed by atoms with Crippen molar-refractivity contribution >= 4 is 15.6 Å². The maximum Gasteiger partial charge on any atom is 0.163 e. The summed E-state index contributed by atoms with van der Waals surface area (Å²) < 4.78 is 35.0. The molecule has 0 radical (unpaired) electrons. The van der Waals surface area contributed by atoms with E-state index in [1.54, 1.807) is 19.1 Å². The molecule has 0 atom stereocenters. The van der Waals surface area contributed by atoms with Crippen LogP contribution in [0, 0.1) is 12.7 Å². The molecule has 0 aliphatic heterocycles. The first kappa shape index (κ1) is 13.8. The molecule has 1 aromatic carbocycles. The van der Waals surface area contributed by atoms with E-state index in [2.05, 4.69) is 0 Å². The van der Waals surface area contributed by atoms with E-state index in [0.717, 1.165) is 6.26 Å². The number of hydrogen-bond acceptors (Lipinski definition) is 3. The summed E-state index contributed by atoms with van der Waals surface area (Å²) in [4.78, 5) is 11.6. The molecule has 0 amide bonds. The molecule has 0 aliphatic rings. The van der Waals surface area contributed by atoms with Crippen molar-refractivity contribution in [1.82, 2.24) is 0 Å². The summed E-state index contributed by atoms with van der Waals surface area (Å²) in [5.41, 5.74) is 0.777. The summed E-state index contributed by atoms with van der Waals surface area (Å²) in [6.07, 6.45) is 1.52. The van der Waals surface area contributed by atoms with Gasteiger partial charge in [0.15, 0.2) is 5.78 Å². The van der Waals surface area contributed by atoms with Gasteiger partial charge in [0.25, 0.3) is 0 Å². The molecule has 1 aromatic rings. The van der Waals surface area contributed by atoms with Gasteiger partial charge >= 0.3 is 0 Å². The van der Waals surface area contributed by atoms with Crippen LogP contribution in [0.4, 0.5) is 4.39 Å². The van der Waals surface area contributed by atoms with E-state index < -0.39 is 15.7 Å². The molecule has 94 valence electrons. The van der Waals surface area contributed by atoms with Gasteiger partial charge < -0.3 is 0 Å². The highest BCUT2D eigenvalue weighted by atomic mass is 32.2. The third-order valence-electron chi connectivity index (χ3n) is 2.41. The highest BCUT2D eigenvalue weighted by Gasteiger charge is 2.10. The Morgan fingerprint density at radius 1 is 1.35 bits per heavy atom. The van der Waals surface area contributed by atoms with Crippen LogP contribution in [0.3, 0.4) is 0 Å². The molecule has 5 heteroatoms. The van der Waals surface area contributed by atoms with Gasteiger partial charge in [0.2, 0.25) is 0 Å². The number of Topliss-reactive ketones (excluding diaryl/α,β-unsaturated/α-hetero) is 1. The highest BCUT2D eigenvalue weighted by Crippen LogP contribution is 2.12. The average molecular weight is 258 g/mol. The van der Waals surface area contributed by atoms with Crippen molar-refractivity contribution in [3.63, 3.8) is 0 Å². The van der Waals surface area contributed by atoms with Crippen molar-refractivity contribution in [3.8, 4) is 0 Å². The maximum absolute atomic E-state index is 13.2. The first-order valence-corrected chi connectivity index (χ1v) is 7.33. The van der Waals surface area contributed by atoms with Gasteiger partial charge in [0.1, 0.15) is 15.7 Å². The fraction of sp³-hybridized carbons (Fsp3) is 0.417. The third-order valence-corrected chi connectivity index (χ3v) is 3.44. The van der Waals surface area contributed by atoms with Gasteiger partial charge in [0.05, 0.1) is 5.75 Å². The smallest absolute Gasteiger partial charge is 0.163 e. The number of sulfone groups is 1. The quantitative estimate of drug-likeness (QED) is 0.760. The Morgan fingerprint density at radius 3 is 2.53 bits per heavy atom. The molecule has 0 aliphatic carbocycles. The van der Waals surface area contributed by atoms with Gasteiger partial charge in [-0.1, -0.05) is 12.1 Å². The Morgan fingerprint density at radius 2 is 2.00 bits per heavy atom. The Balaban J connectivity index is 2.61. The average Bonchev–Trinajstić information content (AvgIpc) is 2.20. The summed E-state index contributed by atoms with van der Waals surface area (Å²) in [5, 5.41) is 0. The number of ketones is 1. The van der Waals surface area contributed by atoms with Crippen molar-refractivity contribution in [2.75, 3.05) is 12.0 Å². The summed E-state index contributed by atoms with van der Waals surface area (Å²) in [6, 6.07) is 4.29.